The van der Waals surface area contributed by atoms with Crippen molar-refractivity contribution in [3.8, 4) is 5.88 Å². The number of halogens is 3. The summed E-state index contributed by atoms with van der Waals surface area (Å²) in [5.41, 5.74) is 6.98. The summed E-state index contributed by atoms with van der Waals surface area (Å²) >= 11 is 3.51. The molecule has 2 aromatic rings. The van der Waals surface area contributed by atoms with E-state index in [1.54, 1.807) is 18.3 Å². The van der Waals surface area contributed by atoms with Gasteiger partial charge in [-0.25, -0.2) is 4.98 Å². The lowest BCUT2D eigenvalue weighted by Gasteiger charge is -2.35. The van der Waals surface area contributed by atoms with E-state index in [4.69, 9.17) is 15.5 Å². The Morgan fingerprint density at radius 3 is 2.82 bits per heavy atom. The Morgan fingerprint density at radius 1 is 1.21 bits per heavy atom. The highest BCUT2D eigenvalue weighted by Gasteiger charge is 2.51. The fourth-order valence-electron chi connectivity index (χ4n) is 3.70. The fraction of sp³-hybridized carbons (Fsp3) is 0.150. The van der Waals surface area contributed by atoms with Crippen molar-refractivity contribution >= 4 is 28.0 Å². The first kappa shape index (κ1) is 18.5. The van der Waals surface area contributed by atoms with Gasteiger partial charge in [0.1, 0.15) is 17.4 Å². The zero-order chi connectivity index (χ0) is 19.7. The minimum Gasteiger partial charge on any atom is -0.441 e. The highest BCUT2D eigenvalue weighted by Crippen LogP contribution is 2.49. The predicted octanol–water partition coefficient (Wildman–Crippen LogP) is 4.20. The van der Waals surface area contributed by atoms with E-state index in [-0.39, 0.29) is 17.8 Å². The van der Waals surface area contributed by atoms with Crippen LogP contribution < -0.4 is 10.5 Å². The minimum atomic E-state index is -1.94. The maximum atomic E-state index is 12.4. The predicted molar refractivity (Wildman–Crippen MR) is 107 cm³/mol. The number of pyridine rings is 1. The number of hydrogen-bond acceptors (Lipinski definition) is 5. The van der Waals surface area contributed by atoms with Gasteiger partial charge in [0.2, 0.25) is 5.88 Å². The number of fused-ring (bicyclic) bond motifs is 1. The van der Waals surface area contributed by atoms with E-state index in [9.17, 15) is 8.78 Å². The van der Waals surface area contributed by atoms with E-state index in [0.29, 0.717) is 12.1 Å². The monoisotopic (exact) mass is 444 g/mol. The van der Waals surface area contributed by atoms with E-state index in [0.717, 1.165) is 15.6 Å². The van der Waals surface area contributed by atoms with Crippen molar-refractivity contribution in [3.63, 3.8) is 0 Å². The van der Waals surface area contributed by atoms with Gasteiger partial charge in [-0.05, 0) is 35.4 Å². The Balaban J connectivity index is 1.91. The number of allylic oxidation sites excluding steroid dienone is 1. The number of benzene rings is 1. The topological polar surface area (TPSA) is 72.9 Å². The van der Waals surface area contributed by atoms with Crippen molar-refractivity contribution in [2.24, 2.45) is 21.6 Å². The van der Waals surface area contributed by atoms with E-state index < -0.39 is 11.6 Å². The SMILES string of the molecule is NC1=NC(c2cccc(Br)c2)(c2ccnc(OC=C(F)F)c2)C2C=CC=NC12. The minimum absolute atomic E-state index is 0.0418. The van der Waals surface area contributed by atoms with E-state index in [1.807, 2.05) is 36.4 Å². The first-order chi connectivity index (χ1) is 13.5. The number of aliphatic imine (C=N–C) groups is 2. The van der Waals surface area contributed by atoms with Gasteiger partial charge < -0.3 is 10.5 Å². The number of nitrogens with two attached hydrogens (primary N) is 1. The number of nitrogens with zero attached hydrogens (tertiary/aromatic N) is 3. The molecule has 0 bridgehead atoms. The van der Waals surface area contributed by atoms with Gasteiger partial charge in [-0.2, -0.15) is 8.78 Å². The Kier molecular flexibility index (Phi) is 4.80. The highest BCUT2D eigenvalue weighted by molar-refractivity contribution is 9.10. The van der Waals surface area contributed by atoms with Crippen molar-refractivity contribution in [2.75, 3.05) is 0 Å². The molecule has 142 valence electrons. The van der Waals surface area contributed by atoms with Gasteiger partial charge in [0, 0.05) is 28.9 Å². The molecule has 2 aliphatic heterocycles. The molecule has 0 amide bonds. The standard InChI is InChI=1S/C20H15BrF2N4O/c21-14-4-1-3-12(9-14)20(15-5-2-7-26-18(15)19(24)27-20)13-6-8-25-17(10-13)28-11-16(22)23/h1-11,15,18H,(H2,24,27). The molecule has 28 heavy (non-hydrogen) atoms. The third-order valence-corrected chi connectivity index (χ3v) is 5.28. The maximum Gasteiger partial charge on any atom is 0.305 e. The highest BCUT2D eigenvalue weighted by atomic mass is 79.9. The normalized spacial score (nSPS) is 25.2. The van der Waals surface area contributed by atoms with Gasteiger partial charge >= 0.3 is 6.08 Å². The van der Waals surface area contributed by atoms with Crippen molar-refractivity contribution in [1.29, 1.82) is 0 Å². The van der Waals surface area contributed by atoms with Crippen molar-refractivity contribution in [3.05, 3.63) is 82.7 Å². The lowest BCUT2D eigenvalue weighted by molar-refractivity contribution is 0.357. The first-order valence-corrected chi connectivity index (χ1v) is 9.25. The van der Waals surface area contributed by atoms with E-state index in [1.165, 1.54) is 6.20 Å². The van der Waals surface area contributed by atoms with Crippen molar-refractivity contribution < 1.29 is 13.5 Å². The molecule has 0 aliphatic carbocycles. The largest absolute Gasteiger partial charge is 0.441 e. The van der Waals surface area contributed by atoms with Crippen LogP contribution in [0.3, 0.4) is 0 Å². The fourth-order valence-corrected chi connectivity index (χ4v) is 4.10. The summed E-state index contributed by atoms with van der Waals surface area (Å²) in [6, 6.07) is 10.8. The summed E-state index contributed by atoms with van der Waals surface area (Å²) in [4.78, 5) is 13.3. The molecule has 8 heteroatoms. The number of rotatable bonds is 4. The summed E-state index contributed by atoms with van der Waals surface area (Å²) in [7, 11) is 0. The second kappa shape index (κ2) is 7.27. The quantitative estimate of drug-likeness (QED) is 0.718. The molecule has 2 N–H and O–H groups in total. The van der Waals surface area contributed by atoms with Crippen LogP contribution in [-0.4, -0.2) is 23.1 Å². The van der Waals surface area contributed by atoms with Crippen LogP contribution in [0.4, 0.5) is 8.78 Å². The summed E-state index contributed by atoms with van der Waals surface area (Å²) in [6.45, 7) is 0. The molecule has 1 aromatic carbocycles. The van der Waals surface area contributed by atoms with Gasteiger partial charge in [0.15, 0.2) is 6.26 Å². The first-order valence-electron chi connectivity index (χ1n) is 8.46. The van der Waals surface area contributed by atoms with Gasteiger partial charge in [-0.15, -0.1) is 0 Å². The Labute approximate surface area is 168 Å². The van der Waals surface area contributed by atoms with Crippen LogP contribution in [0.1, 0.15) is 11.1 Å². The molecule has 0 radical (unpaired) electrons. The third kappa shape index (κ3) is 3.13. The van der Waals surface area contributed by atoms with Crippen LogP contribution in [0, 0.1) is 5.92 Å². The number of dihydropyridines is 1. The molecular formula is C20H15BrF2N4O. The molecular weight excluding hydrogens is 430 g/mol. The Morgan fingerprint density at radius 2 is 2.04 bits per heavy atom. The van der Waals surface area contributed by atoms with Crippen LogP contribution in [0.2, 0.25) is 0 Å². The van der Waals surface area contributed by atoms with Gasteiger partial charge in [0.25, 0.3) is 0 Å². The second-order valence-corrected chi connectivity index (χ2v) is 7.29. The second-order valence-electron chi connectivity index (χ2n) is 6.38. The zero-order valence-corrected chi connectivity index (χ0v) is 16.1. The van der Waals surface area contributed by atoms with Crippen LogP contribution in [0.5, 0.6) is 5.88 Å². The summed E-state index contributed by atoms with van der Waals surface area (Å²) in [5, 5.41) is 0. The molecule has 3 atom stereocenters. The third-order valence-electron chi connectivity index (χ3n) is 4.79. The smallest absolute Gasteiger partial charge is 0.305 e. The van der Waals surface area contributed by atoms with Crippen LogP contribution in [-0.2, 0) is 5.54 Å². The number of ether oxygens (including phenoxy) is 1. The molecule has 0 fully saturated rings. The molecule has 3 unspecified atom stereocenters. The Hall–Kier alpha value is -2.87. The molecule has 0 saturated heterocycles. The van der Waals surface area contributed by atoms with Crippen molar-refractivity contribution in [2.45, 2.75) is 11.6 Å². The van der Waals surface area contributed by atoms with Crippen LogP contribution in [0.25, 0.3) is 0 Å². The molecule has 5 nitrogen and oxygen atoms in total. The van der Waals surface area contributed by atoms with Gasteiger partial charge in [-0.1, -0.05) is 34.1 Å². The summed E-state index contributed by atoms with van der Waals surface area (Å²) < 4.78 is 30.7. The number of amidine groups is 1. The molecule has 4 rings (SSSR count). The van der Waals surface area contributed by atoms with Gasteiger partial charge in [0.05, 0.1) is 0 Å². The molecule has 0 spiro atoms. The van der Waals surface area contributed by atoms with Crippen molar-refractivity contribution in [1.82, 2.24) is 4.98 Å². The zero-order valence-electron chi connectivity index (χ0n) is 14.5. The maximum absolute atomic E-state index is 12.4. The van der Waals surface area contributed by atoms with Crippen LogP contribution in [0.15, 0.2) is 81.5 Å². The average Bonchev–Trinajstić information content (AvgIpc) is 3.01. The molecule has 2 aliphatic rings. The van der Waals surface area contributed by atoms with E-state index >= 15 is 0 Å². The van der Waals surface area contributed by atoms with Gasteiger partial charge in [-0.3, -0.25) is 9.98 Å². The lowest BCUT2D eigenvalue weighted by Crippen LogP contribution is -2.38. The summed E-state index contributed by atoms with van der Waals surface area (Å²) in [6.07, 6.45) is 5.50. The molecule has 0 saturated carbocycles. The average molecular weight is 445 g/mol. The lowest BCUT2D eigenvalue weighted by atomic mass is 9.72. The number of hydrogen-bond donors (Lipinski definition) is 1. The molecule has 3 heterocycles. The molecule has 1 aromatic heterocycles. The summed E-state index contributed by atoms with van der Waals surface area (Å²) in [5.74, 6) is 0.287. The number of aromatic nitrogens is 1. The van der Waals surface area contributed by atoms with E-state index in [2.05, 4.69) is 25.9 Å². The van der Waals surface area contributed by atoms with Crippen LogP contribution >= 0.6 is 15.9 Å². The Bertz CT molecular complexity index is 1030.